The predicted molar refractivity (Wildman–Crippen MR) is 311 cm³/mol. The van der Waals surface area contributed by atoms with Crippen LogP contribution < -0.4 is 5.32 Å². The van der Waals surface area contributed by atoms with Crippen molar-refractivity contribution in [1.29, 1.82) is 0 Å². The molecule has 0 aromatic rings. The minimum atomic E-state index is -1.23. The first-order valence-corrected chi connectivity index (χ1v) is 30.0. The molecule has 3 saturated heterocycles. The molecule has 0 aromatic carbocycles. The highest BCUT2D eigenvalue weighted by atomic mass is 16.7. The third-order valence-corrected chi connectivity index (χ3v) is 15.9. The Kier molecular flexibility index (Phi) is 30.0. The first-order valence-electron chi connectivity index (χ1n) is 30.0. The van der Waals surface area contributed by atoms with Crippen LogP contribution in [0.25, 0.3) is 0 Å². The van der Waals surface area contributed by atoms with E-state index in [1.807, 2.05) is 0 Å². The van der Waals surface area contributed by atoms with Gasteiger partial charge in [-0.15, -0.1) is 10.1 Å². The van der Waals surface area contributed by atoms with Gasteiger partial charge in [0.05, 0.1) is 37.0 Å². The first kappa shape index (κ1) is 75.0. The molecule has 3 aliphatic heterocycles. The number of allylic oxidation sites excluding steroid dienone is 2. The Morgan fingerprint density at radius 1 is 0.549 bits per heavy atom. The number of aliphatic carboxylic acids is 5. The van der Waals surface area contributed by atoms with Gasteiger partial charge < -0.3 is 59.8 Å². The van der Waals surface area contributed by atoms with E-state index < -0.39 is 119 Å². The topological polar surface area (TPSA) is 432 Å². The Balaban J connectivity index is 0.000000523. The zero-order valence-corrected chi connectivity index (χ0v) is 51.8. The van der Waals surface area contributed by atoms with E-state index in [4.69, 9.17) is 24.3 Å². The van der Waals surface area contributed by atoms with Crippen LogP contribution in [0.15, 0.2) is 24.3 Å². The van der Waals surface area contributed by atoms with Crippen molar-refractivity contribution < 1.29 is 117 Å². The van der Waals surface area contributed by atoms with Crippen LogP contribution in [0.5, 0.6) is 0 Å². The molecule has 91 heavy (non-hydrogen) atoms. The third-order valence-electron chi connectivity index (χ3n) is 15.9. The third kappa shape index (κ3) is 25.8. The number of hydroxylamine groups is 4. The van der Waals surface area contributed by atoms with Crippen molar-refractivity contribution >= 4 is 89.3 Å². The number of likely N-dealkylation sites (N-methyl/N-ethyl adjacent to an activating group) is 2. The second kappa shape index (κ2) is 36.4. The van der Waals surface area contributed by atoms with Gasteiger partial charge in [0, 0.05) is 112 Å². The molecule has 3 heterocycles. The monoisotopic (exact) mass is 1290 g/mol. The fourth-order valence-corrected chi connectivity index (χ4v) is 10.3. The van der Waals surface area contributed by atoms with Crippen molar-refractivity contribution in [2.24, 2.45) is 10.8 Å². The number of carboxylic acid groups (broad SMARTS) is 5. The molecule has 506 valence electrons. The van der Waals surface area contributed by atoms with Crippen LogP contribution >= 0.6 is 0 Å². The van der Waals surface area contributed by atoms with E-state index in [2.05, 4.69) is 5.32 Å². The summed E-state index contributed by atoms with van der Waals surface area (Å²) in [5.74, 6) is -10.2. The second-order valence-corrected chi connectivity index (χ2v) is 23.4. The van der Waals surface area contributed by atoms with E-state index in [1.165, 1.54) is 14.1 Å². The lowest BCUT2D eigenvalue weighted by Crippen LogP contribution is -2.52. The molecule has 0 radical (unpaired) electrons. The molecule has 0 saturated carbocycles. The van der Waals surface area contributed by atoms with E-state index in [1.54, 1.807) is 57.8 Å². The molecular weight excluding hydrogens is 1210 g/mol. The summed E-state index contributed by atoms with van der Waals surface area (Å²) in [4.78, 5) is 200. The highest BCUT2D eigenvalue weighted by Crippen LogP contribution is 2.36. The molecule has 6 N–H and O–H groups in total. The van der Waals surface area contributed by atoms with E-state index in [0.29, 0.717) is 48.7 Å². The average molecular weight is 1290 g/mol. The van der Waals surface area contributed by atoms with Gasteiger partial charge >= 0.3 is 54.0 Å². The number of carboxylic acids is 5. The van der Waals surface area contributed by atoms with Crippen molar-refractivity contribution in [3.8, 4) is 0 Å². The molecule has 0 spiro atoms. The fraction of sp³-hybridized carbons (Fsp3) is 0.672. The molecule has 1 unspecified atom stereocenters. The highest BCUT2D eigenvalue weighted by Gasteiger charge is 2.43. The Morgan fingerprint density at radius 2 is 0.934 bits per heavy atom. The van der Waals surface area contributed by atoms with Gasteiger partial charge in [0.2, 0.25) is 5.91 Å². The SMILES string of the molecule is CN(CC(=O)CCCNC(=O)CCC(C(=O)O)N1CCN(CC(=O)O)CCN(CC(=O)O)CCN(CC(=O)O)CC1)C(=O)O[C@@H]1/C=C/CC[C@](C)(C(=O)ON2C(=O)CCC2=O)CC1.CN(CC(=O)O)C(=O)O[C@@H]1/C=C/CC[C@](C)(C(=O)ON2C(=O)CCC2=O)CC1. The number of rotatable bonds is 25. The molecule has 33 nitrogen and oxygen atoms in total. The van der Waals surface area contributed by atoms with Crippen LogP contribution in [0, 0.1) is 10.8 Å². The van der Waals surface area contributed by atoms with Crippen molar-refractivity contribution in [1.82, 2.24) is 44.8 Å². The standard InChI is InChI=1S/C40H61N7O16.C18H24N2O8/c1-40(38(60)63-47-32(50)10-11-33(47)51)13-4-3-7-29(12-14-40)62-39(61)42(2)24-28(48)6-5-15-41-31(49)9-8-30(37(58)59)46-22-20-44(26-35(54)55)18-16-43(25-34(52)53)17-19-45(21-23-46)27-36(56)57;1-18(16(25)28-20-13(21)6-7-14(20)22)9-4-3-5-12(8-10-18)27-17(26)19(2)11-15(23)24/h3,7,29-30H,4-6,8-27H2,1-2H3,(H,41,49)(H,52,53)(H,54,55)(H,56,57)(H,58,59);3,5,12H,4,6-11H2,1-2H3,(H,23,24)/b7-3+;5-3+/t29-,30?,40+;12-,18+/m11/s1. The summed E-state index contributed by atoms with van der Waals surface area (Å²) in [5.41, 5.74) is -2.03. The van der Waals surface area contributed by atoms with Crippen LogP contribution in [0.3, 0.4) is 0 Å². The number of imide groups is 2. The van der Waals surface area contributed by atoms with Crippen LogP contribution in [0.2, 0.25) is 0 Å². The van der Waals surface area contributed by atoms with Crippen molar-refractivity contribution in [2.45, 2.75) is 135 Å². The average Bonchev–Trinajstić information content (AvgIpc) is 3.40. The molecule has 3 fully saturated rings. The number of carbonyl (C=O) groups is 15. The maximum atomic E-state index is 13.0. The van der Waals surface area contributed by atoms with E-state index in [9.17, 15) is 92.3 Å². The fourth-order valence-electron chi connectivity index (χ4n) is 10.3. The number of nitrogens with zero attached hydrogens (tertiary/aromatic N) is 8. The summed E-state index contributed by atoms with van der Waals surface area (Å²) in [6.45, 7) is 2.57. The van der Waals surface area contributed by atoms with Crippen molar-refractivity contribution in [2.75, 3.05) is 106 Å². The number of carbonyl (C=O) groups excluding carboxylic acids is 10. The normalized spacial score (nSPS) is 23.5. The predicted octanol–water partition coefficient (Wildman–Crippen LogP) is 0.593. The van der Waals surface area contributed by atoms with Gasteiger partial charge in [-0.2, -0.15) is 0 Å². The van der Waals surface area contributed by atoms with E-state index >= 15 is 0 Å². The maximum Gasteiger partial charge on any atom is 0.410 e. The summed E-state index contributed by atoms with van der Waals surface area (Å²) in [5, 5.41) is 51.0. The number of hydrogen-bond donors (Lipinski definition) is 6. The quantitative estimate of drug-likeness (QED) is 0.0414. The Bertz CT molecular complexity index is 2680. The minimum absolute atomic E-state index is 0.00298. The number of ether oxygens (including phenoxy) is 2. The van der Waals surface area contributed by atoms with E-state index in [-0.39, 0.29) is 155 Å². The molecular formula is C58H85N9O24. The Hall–Kier alpha value is -8.43. The molecule has 7 amide bonds. The summed E-state index contributed by atoms with van der Waals surface area (Å²) in [6, 6.07) is -1.19. The van der Waals surface area contributed by atoms with E-state index in [0.717, 1.165) is 9.80 Å². The number of Topliss-reactive ketones (excluding diaryl/α,β-unsaturated/α-hetero) is 1. The zero-order chi connectivity index (χ0) is 67.6. The van der Waals surface area contributed by atoms with Crippen LogP contribution in [-0.2, 0) is 81.5 Å². The lowest BCUT2D eigenvalue weighted by atomic mass is 9.79. The number of amides is 7. The molecule has 2 aliphatic carbocycles. The summed E-state index contributed by atoms with van der Waals surface area (Å²) in [6.07, 6.45) is 6.70. The first-order chi connectivity index (χ1) is 42.9. The highest BCUT2D eigenvalue weighted by molar-refractivity contribution is 6.02. The van der Waals surface area contributed by atoms with Crippen LogP contribution in [0.4, 0.5) is 9.59 Å². The molecule has 0 bridgehead atoms. The molecule has 33 heteroatoms. The van der Waals surface area contributed by atoms with Gasteiger partial charge in [-0.1, -0.05) is 12.2 Å². The van der Waals surface area contributed by atoms with Gasteiger partial charge in [-0.3, -0.25) is 72.3 Å². The summed E-state index contributed by atoms with van der Waals surface area (Å²) < 4.78 is 10.9. The molecule has 5 aliphatic rings. The molecule has 5 atom stereocenters. The molecule has 5 rings (SSSR count). The maximum absolute atomic E-state index is 13.0. The van der Waals surface area contributed by atoms with Gasteiger partial charge in [-0.25, -0.2) is 19.2 Å². The zero-order valence-electron chi connectivity index (χ0n) is 51.8. The van der Waals surface area contributed by atoms with Crippen molar-refractivity contribution in [3.63, 3.8) is 0 Å². The van der Waals surface area contributed by atoms with Gasteiger partial charge in [0.1, 0.15) is 24.8 Å². The van der Waals surface area contributed by atoms with Crippen LogP contribution in [-0.4, -0.2) is 278 Å². The lowest BCUT2D eigenvalue weighted by molar-refractivity contribution is -0.205. The van der Waals surface area contributed by atoms with Crippen LogP contribution in [0.1, 0.15) is 117 Å². The van der Waals surface area contributed by atoms with Gasteiger partial charge in [-0.05, 0) is 90.2 Å². The Morgan fingerprint density at radius 3 is 1.31 bits per heavy atom. The summed E-state index contributed by atoms with van der Waals surface area (Å²) >= 11 is 0. The number of nitrogens with one attached hydrogen (secondary N) is 1. The second-order valence-electron chi connectivity index (χ2n) is 23.4. The molecule has 0 aromatic heterocycles. The minimum Gasteiger partial charge on any atom is -0.480 e. The Labute approximate surface area is 525 Å². The lowest BCUT2D eigenvalue weighted by Gasteiger charge is -2.35. The number of hydrogen-bond acceptors (Lipinski definition) is 23. The number of ketones is 1. The smallest absolute Gasteiger partial charge is 0.410 e. The van der Waals surface area contributed by atoms with Gasteiger partial charge in [0.15, 0.2) is 5.78 Å². The van der Waals surface area contributed by atoms with Crippen molar-refractivity contribution in [3.05, 3.63) is 24.3 Å². The summed E-state index contributed by atoms with van der Waals surface area (Å²) in [7, 11) is 2.70. The van der Waals surface area contributed by atoms with Gasteiger partial charge in [0.25, 0.3) is 23.6 Å². The largest absolute Gasteiger partial charge is 0.480 e.